The first kappa shape index (κ1) is 37.2. The zero-order valence-electron chi connectivity index (χ0n) is 27.8. The van der Waals surface area contributed by atoms with Gasteiger partial charge < -0.3 is 36.6 Å². The molecule has 53 heavy (non-hydrogen) atoms. The number of phenols is 1. The number of β-lactam (4-membered cyclic amide) rings is 1. The zero-order valence-corrected chi connectivity index (χ0v) is 29.5. The number of aromatic amines is 2. The third kappa shape index (κ3) is 8.08. The fraction of sp³-hybridized carbons (Fsp3) is 0.387. The molecular formula is C31H34N10O10S2. The second-order valence-corrected chi connectivity index (χ2v) is 14.4. The molecule has 4 heterocycles. The lowest BCUT2D eigenvalue weighted by Gasteiger charge is -2.49. The highest BCUT2D eigenvalue weighted by Gasteiger charge is 2.54. The number of fused-ring (bicyclic) bond motifs is 1. The smallest absolute Gasteiger partial charge is 0.352 e. The summed E-state index contributed by atoms with van der Waals surface area (Å²) in [4.78, 5) is 96.6. The molecule has 9 N–H and O–H groups in total. The molecule has 22 heteroatoms. The summed E-state index contributed by atoms with van der Waals surface area (Å²) in [5, 5.41) is 45.4. The quantitative estimate of drug-likeness (QED) is 0.0666. The van der Waals surface area contributed by atoms with Gasteiger partial charge in [0.25, 0.3) is 11.5 Å². The lowest BCUT2D eigenvalue weighted by atomic mass is 9.93. The molecular weight excluding hydrogens is 737 g/mol. The molecule has 0 spiro atoms. The van der Waals surface area contributed by atoms with Gasteiger partial charge in [-0.25, -0.2) is 19.7 Å². The minimum absolute atomic E-state index is 0.00600. The Hall–Kier alpha value is -5.61. The molecule has 6 rings (SSSR count). The molecule has 0 bridgehead atoms. The highest BCUT2D eigenvalue weighted by Crippen LogP contribution is 2.41. The van der Waals surface area contributed by atoms with Crippen LogP contribution in [0.15, 0.2) is 61.3 Å². The standard InChI is InChI=1S/C31H34N10O10S2/c1-40-26(48)24(46)38-39-31(40)53-12-14-11-52-27-20(25(47)41(27)21(14)28(49)50)35-23(45)19(13-2-6-16(42)7-3-13)36-30(51)34-18-10-32-29(37-22(18)44)33-15-4-8-17(43)9-5-15/h2-3,6-7,10,15,17,19-20,27,42-43H,4-5,8-9,11-12H2,1H3,(H,35,45)(H,38,46)(H,49,50)(H2,34,36,51)(H2,32,33,37,44)/t15?,17?,19?,20?,27-/m0/s1. The van der Waals surface area contributed by atoms with E-state index in [9.17, 15) is 48.9 Å². The second-order valence-electron chi connectivity index (χ2n) is 12.4. The van der Waals surface area contributed by atoms with Crippen LogP contribution in [0.1, 0.15) is 37.3 Å². The van der Waals surface area contributed by atoms with Crippen LogP contribution >= 0.6 is 23.5 Å². The first-order valence-electron chi connectivity index (χ1n) is 16.2. The molecule has 4 amide bonds. The number of aromatic hydroxyl groups is 1. The Morgan fingerprint density at radius 2 is 1.79 bits per heavy atom. The van der Waals surface area contributed by atoms with Crippen LogP contribution in [0.2, 0.25) is 0 Å². The van der Waals surface area contributed by atoms with Crippen molar-refractivity contribution < 1.29 is 34.5 Å². The summed E-state index contributed by atoms with van der Waals surface area (Å²) in [5.74, 6) is -2.68. The fourth-order valence-corrected chi connectivity index (χ4v) is 8.40. The molecule has 2 aromatic heterocycles. The molecule has 3 atom stereocenters. The third-order valence-corrected chi connectivity index (χ3v) is 11.3. The van der Waals surface area contributed by atoms with Gasteiger partial charge in [-0.1, -0.05) is 23.9 Å². The van der Waals surface area contributed by atoms with Crippen LogP contribution in [0.4, 0.5) is 16.4 Å². The molecule has 3 aliphatic rings. The molecule has 1 saturated carbocycles. The van der Waals surface area contributed by atoms with Gasteiger partial charge in [0, 0.05) is 24.6 Å². The molecule has 1 aliphatic carbocycles. The number of hydrogen-bond donors (Lipinski definition) is 9. The average Bonchev–Trinajstić information content (AvgIpc) is 3.13. The number of amides is 4. The van der Waals surface area contributed by atoms with Crippen molar-refractivity contribution >= 4 is 59.0 Å². The van der Waals surface area contributed by atoms with Crippen LogP contribution in [-0.2, 0) is 21.4 Å². The Kier molecular flexibility index (Phi) is 10.9. The van der Waals surface area contributed by atoms with Crippen LogP contribution in [0.5, 0.6) is 5.75 Å². The fourth-order valence-electron chi connectivity index (χ4n) is 6.00. The number of aliphatic carboxylic acids is 1. The Balaban J connectivity index is 1.13. The van der Waals surface area contributed by atoms with Crippen molar-refractivity contribution in [2.75, 3.05) is 22.1 Å². The normalized spacial score (nSPS) is 21.5. The largest absolute Gasteiger partial charge is 0.508 e. The molecule has 3 aromatic rings. The van der Waals surface area contributed by atoms with Gasteiger partial charge in [0.15, 0.2) is 5.16 Å². The number of carboxylic acid groups (broad SMARTS) is 1. The van der Waals surface area contributed by atoms with Crippen molar-refractivity contribution in [1.29, 1.82) is 0 Å². The first-order valence-corrected chi connectivity index (χ1v) is 18.2. The van der Waals surface area contributed by atoms with E-state index in [1.807, 2.05) is 0 Å². The number of carbonyl (C=O) groups is 4. The number of nitrogens with one attached hydrogen (secondary N) is 6. The van der Waals surface area contributed by atoms with Crippen molar-refractivity contribution in [2.45, 2.75) is 60.4 Å². The maximum atomic E-state index is 13.7. The van der Waals surface area contributed by atoms with Crippen LogP contribution in [0.3, 0.4) is 0 Å². The van der Waals surface area contributed by atoms with Gasteiger partial charge in [0.1, 0.15) is 34.6 Å². The highest BCUT2D eigenvalue weighted by atomic mass is 32.2. The van der Waals surface area contributed by atoms with E-state index in [0.717, 1.165) is 27.4 Å². The molecule has 2 unspecified atom stereocenters. The van der Waals surface area contributed by atoms with Crippen molar-refractivity contribution in [2.24, 2.45) is 7.05 Å². The van der Waals surface area contributed by atoms with Gasteiger partial charge in [-0.15, -0.1) is 16.9 Å². The Morgan fingerprint density at radius 3 is 2.47 bits per heavy atom. The van der Waals surface area contributed by atoms with Gasteiger partial charge in [0.05, 0.1) is 12.3 Å². The Bertz CT molecular complexity index is 2150. The maximum Gasteiger partial charge on any atom is 0.352 e. The number of carbonyl (C=O) groups excluding carboxylic acids is 3. The summed E-state index contributed by atoms with van der Waals surface area (Å²) >= 11 is 2.19. The zero-order chi connectivity index (χ0) is 38.0. The van der Waals surface area contributed by atoms with Gasteiger partial charge >= 0.3 is 23.1 Å². The van der Waals surface area contributed by atoms with Gasteiger partial charge in [0.2, 0.25) is 11.9 Å². The molecule has 1 aromatic carbocycles. The topological polar surface area (TPSA) is 294 Å². The molecule has 20 nitrogen and oxygen atoms in total. The van der Waals surface area contributed by atoms with E-state index in [4.69, 9.17) is 0 Å². The summed E-state index contributed by atoms with van der Waals surface area (Å²) in [6.45, 7) is 0. The summed E-state index contributed by atoms with van der Waals surface area (Å²) < 4.78 is 1.02. The Morgan fingerprint density at radius 1 is 1.08 bits per heavy atom. The predicted molar refractivity (Wildman–Crippen MR) is 190 cm³/mol. The van der Waals surface area contributed by atoms with Crippen molar-refractivity contribution in [3.63, 3.8) is 0 Å². The average molecular weight is 771 g/mol. The van der Waals surface area contributed by atoms with Crippen LogP contribution in [-0.4, -0.2) is 104 Å². The van der Waals surface area contributed by atoms with Gasteiger partial charge in [-0.2, -0.15) is 0 Å². The number of nitrogens with zero attached hydrogens (tertiary/aromatic N) is 4. The number of urea groups is 1. The van der Waals surface area contributed by atoms with Gasteiger partial charge in [-0.3, -0.25) is 38.4 Å². The maximum absolute atomic E-state index is 13.7. The number of carboxylic acids is 1. The lowest BCUT2D eigenvalue weighted by molar-refractivity contribution is -0.150. The number of rotatable bonds is 11. The molecule has 2 aliphatic heterocycles. The first-order chi connectivity index (χ1) is 25.3. The van der Waals surface area contributed by atoms with E-state index in [0.29, 0.717) is 31.3 Å². The summed E-state index contributed by atoms with van der Waals surface area (Å²) in [6, 6.07) is 1.79. The number of H-pyrrole nitrogens is 2. The van der Waals surface area contributed by atoms with E-state index < -0.39 is 58.0 Å². The summed E-state index contributed by atoms with van der Waals surface area (Å²) in [7, 11) is 1.35. The van der Waals surface area contributed by atoms with E-state index >= 15 is 0 Å². The minimum atomic E-state index is -1.43. The predicted octanol–water partition coefficient (Wildman–Crippen LogP) is -0.633. The molecule has 1 saturated heterocycles. The third-order valence-electron chi connectivity index (χ3n) is 8.81. The second kappa shape index (κ2) is 15.6. The van der Waals surface area contributed by atoms with Crippen LogP contribution < -0.4 is 37.9 Å². The monoisotopic (exact) mass is 770 g/mol. The van der Waals surface area contributed by atoms with E-state index in [1.165, 1.54) is 43.1 Å². The Labute approximate surface area is 306 Å². The van der Waals surface area contributed by atoms with Crippen LogP contribution in [0, 0.1) is 0 Å². The molecule has 0 radical (unpaired) electrons. The van der Waals surface area contributed by atoms with E-state index in [1.54, 1.807) is 0 Å². The summed E-state index contributed by atoms with van der Waals surface area (Å²) in [6.07, 6.45) is 3.41. The number of phenolic OH excluding ortho intramolecular Hbond substituents is 1. The number of hydrogen-bond acceptors (Lipinski definition) is 14. The number of aliphatic hydroxyl groups excluding tert-OH is 1. The number of aromatic nitrogens is 5. The highest BCUT2D eigenvalue weighted by molar-refractivity contribution is 8.01. The minimum Gasteiger partial charge on any atom is -0.508 e. The van der Waals surface area contributed by atoms with Crippen LogP contribution in [0.25, 0.3) is 0 Å². The number of anilines is 2. The summed E-state index contributed by atoms with van der Waals surface area (Å²) in [5.41, 5.74) is -2.36. The van der Waals surface area contributed by atoms with Gasteiger partial charge in [-0.05, 0) is 49.0 Å². The number of aliphatic hydroxyl groups is 1. The van der Waals surface area contributed by atoms with Crippen molar-refractivity contribution in [1.82, 2.24) is 40.3 Å². The van der Waals surface area contributed by atoms with Crippen molar-refractivity contribution in [3.8, 4) is 5.75 Å². The molecule has 280 valence electrons. The lowest BCUT2D eigenvalue weighted by Crippen LogP contribution is -2.71. The molecule has 2 fully saturated rings. The number of benzene rings is 1. The van der Waals surface area contributed by atoms with E-state index in [2.05, 4.69) is 41.4 Å². The van der Waals surface area contributed by atoms with Crippen molar-refractivity contribution in [3.05, 3.63) is 78.4 Å². The van der Waals surface area contributed by atoms with E-state index in [-0.39, 0.29) is 57.5 Å². The number of thioether (sulfide) groups is 2. The SMILES string of the molecule is Cn1c(SCC2=C(C(=O)O)N3C(=O)C(NC(=O)C(NC(=O)Nc4cnc(NC5CCC(O)CC5)[nH]c4=O)c4ccc(O)cc4)[C@@H]3SC2)n[nH]c(=O)c1=O.